The number of hydrogen-bond donors (Lipinski definition) is 2. The van der Waals surface area contributed by atoms with Crippen LogP contribution in [0.3, 0.4) is 0 Å². The van der Waals surface area contributed by atoms with E-state index < -0.39 is 18.5 Å². The lowest BCUT2D eigenvalue weighted by Crippen LogP contribution is -2.23. The molecule has 0 aliphatic carbocycles. The molecule has 0 aliphatic rings. The van der Waals surface area contributed by atoms with Crippen molar-refractivity contribution in [2.24, 2.45) is 0 Å². The number of benzene rings is 2. The second-order valence-electron chi connectivity index (χ2n) is 5.78. The number of esters is 1. The van der Waals surface area contributed by atoms with E-state index in [1.54, 1.807) is 36.4 Å². The average Bonchev–Trinajstić information content (AvgIpc) is 2.66. The highest BCUT2D eigenvalue weighted by atomic mass is 19.1. The van der Waals surface area contributed by atoms with E-state index in [2.05, 4.69) is 10.6 Å². The monoisotopic (exact) mass is 372 g/mol. The predicted molar refractivity (Wildman–Crippen MR) is 98.8 cm³/mol. The fraction of sp³-hybridized carbons (Fsp3) is 0.250. The Morgan fingerprint density at radius 2 is 1.81 bits per heavy atom. The Morgan fingerprint density at radius 1 is 1.07 bits per heavy atom. The first-order valence-corrected chi connectivity index (χ1v) is 8.56. The van der Waals surface area contributed by atoms with Crippen LogP contribution in [-0.2, 0) is 20.7 Å². The number of carbonyl (C=O) groups excluding carboxylic acids is 3. The average molecular weight is 372 g/mol. The normalized spacial score (nSPS) is 10.1. The number of carbonyl (C=O) groups is 3. The summed E-state index contributed by atoms with van der Waals surface area (Å²) in [6.45, 7) is 1.89. The van der Waals surface area contributed by atoms with Gasteiger partial charge in [0.25, 0.3) is 11.8 Å². The smallest absolute Gasteiger partial charge is 0.306 e. The van der Waals surface area contributed by atoms with E-state index in [1.807, 2.05) is 6.92 Å². The number of rotatable bonds is 8. The minimum atomic E-state index is -0.523. The Bertz CT molecular complexity index is 806. The van der Waals surface area contributed by atoms with Gasteiger partial charge in [-0.3, -0.25) is 14.4 Å². The Kier molecular flexibility index (Phi) is 7.49. The second-order valence-corrected chi connectivity index (χ2v) is 5.78. The van der Waals surface area contributed by atoms with Gasteiger partial charge in [-0.1, -0.05) is 18.2 Å². The first-order valence-electron chi connectivity index (χ1n) is 8.56. The third kappa shape index (κ3) is 6.89. The molecule has 0 aliphatic heterocycles. The molecule has 0 heterocycles. The van der Waals surface area contributed by atoms with Gasteiger partial charge in [-0.25, -0.2) is 4.39 Å². The van der Waals surface area contributed by atoms with Crippen LogP contribution in [0.15, 0.2) is 48.5 Å². The van der Waals surface area contributed by atoms with Crippen LogP contribution in [-0.4, -0.2) is 30.9 Å². The summed E-state index contributed by atoms with van der Waals surface area (Å²) in [4.78, 5) is 35.4. The minimum absolute atomic E-state index is 0.0889. The summed E-state index contributed by atoms with van der Waals surface area (Å²) < 4.78 is 17.8. The number of ether oxygens (including phenoxy) is 1. The van der Waals surface area contributed by atoms with Crippen molar-refractivity contribution >= 4 is 23.5 Å². The number of halogens is 1. The summed E-state index contributed by atoms with van der Waals surface area (Å²) in [7, 11) is 0. The summed E-state index contributed by atoms with van der Waals surface area (Å²) in [5.41, 5.74) is 1.66. The van der Waals surface area contributed by atoms with Gasteiger partial charge in [-0.2, -0.15) is 0 Å². The largest absolute Gasteiger partial charge is 0.456 e. The van der Waals surface area contributed by atoms with Gasteiger partial charge in [-0.05, 0) is 49.2 Å². The van der Waals surface area contributed by atoms with Crippen molar-refractivity contribution in [2.45, 2.75) is 19.8 Å². The van der Waals surface area contributed by atoms with Crippen LogP contribution in [0, 0.1) is 5.82 Å². The molecule has 2 aromatic rings. The van der Waals surface area contributed by atoms with Gasteiger partial charge in [0.15, 0.2) is 6.61 Å². The lowest BCUT2D eigenvalue weighted by Gasteiger charge is -2.08. The molecule has 142 valence electrons. The molecule has 2 amide bonds. The zero-order valence-electron chi connectivity index (χ0n) is 15.0. The lowest BCUT2D eigenvalue weighted by molar-refractivity contribution is -0.147. The van der Waals surface area contributed by atoms with Crippen LogP contribution >= 0.6 is 0 Å². The molecule has 0 saturated heterocycles. The maximum Gasteiger partial charge on any atom is 0.306 e. The third-order valence-corrected chi connectivity index (χ3v) is 3.64. The maximum absolute atomic E-state index is 12.8. The van der Waals surface area contributed by atoms with Gasteiger partial charge >= 0.3 is 5.97 Å². The summed E-state index contributed by atoms with van der Waals surface area (Å²) in [6, 6.07) is 12.3. The number of anilines is 1. The van der Waals surface area contributed by atoms with Gasteiger partial charge in [-0.15, -0.1) is 0 Å². The van der Waals surface area contributed by atoms with Crippen LogP contribution in [0.1, 0.15) is 29.3 Å². The molecule has 0 aromatic heterocycles. The van der Waals surface area contributed by atoms with Crippen LogP contribution < -0.4 is 10.6 Å². The molecule has 2 aromatic carbocycles. The number of aryl methyl sites for hydroxylation is 1. The van der Waals surface area contributed by atoms with Gasteiger partial charge in [0.05, 0.1) is 0 Å². The van der Waals surface area contributed by atoms with Crippen LogP contribution in [0.25, 0.3) is 0 Å². The van der Waals surface area contributed by atoms with Crippen molar-refractivity contribution in [2.75, 3.05) is 18.5 Å². The number of hydrogen-bond acceptors (Lipinski definition) is 4. The van der Waals surface area contributed by atoms with E-state index in [1.165, 1.54) is 12.1 Å². The standard InChI is InChI=1S/C20H21FN2O4/c1-2-22-20(26)15-4-3-5-17(12-15)23-18(24)13-27-19(25)11-8-14-6-9-16(21)10-7-14/h3-7,9-10,12H,2,8,11,13H2,1H3,(H,22,26)(H,23,24). The topological polar surface area (TPSA) is 84.5 Å². The van der Waals surface area contributed by atoms with Gasteiger partial charge in [0, 0.05) is 24.2 Å². The fourth-order valence-corrected chi connectivity index (χ4v) is 2.31. The Labute approximate surface area is 156 Å². The first-order chi connectivity index (χ1) is 13.0. The van der Waals surface area contributed by atoms with Gasteiger partial charge < -0.3 is 15.4 Å². The fourth-order valence-electron chi connectivity index (χ4n) is 2.31. The molecule has 0 unspecified atom stereocenters. The van der Waals surface area contributed by atoms with E-state index in [0.29, 0.717) is 24.2 Å². The maximum atomic E-state index is 12.8. The summed E-state index contributed by atoms with van der Waals surface area (Å²) in [6.07, 6.45) is 0.487. The molecule has 0 fully saturated rings. The highest BCUT2D eigenvalue weighted by Gasteiger charge is 2.10. The van der Waals surface area contributed by atoms with Crippen molar-refractivity contribution in [1.82, 2.24) is 5.32 Å². The van der Waals surface area contributed by atoms with Crippen LogP contribution in [0.4, 0.5) is 10.1 Å². The van der Waals surface area contributed by atoms with Crippen molar-refractivity contribution in [3.05, 3.63) is 65.5 Å². The van der Waals surface area contributed by atoms with Crippen molar-refractivity contribution in [3.8, 4) is 0 Å². The molecule has 0 saturated carbocycles. The third-order valence-electron chi connectivity index (χ3n) is 3.64. The summed E-state index contributed by atoms with van der Waals surface area (Å²) >= 11 is 0. The molecule has 2 N–H and O–H groups in total. The zero-order chi connectivity index (χ0) is 19.6. The molecule has 6 nitrogen and oxygen atoms in total. The van der Waals surface area contributed by atoms with Crippen molar-refractivity contribution < 1.29 is 23.5 Å². The Morgan fingerprint density at radius 3 is 2.52 bits per heavy atom. The Balaban J connectivity index is 1.77. The highest BCUT2D eigenvalue weighted by Crippen LogP contribution is 2.11. The van der Waals surface area contributed by atoms with Crippen LogP contribution in [0.5, 0.6) is 0 Å². The molecule has 0 spiro atoms. The summed E-state index contributed by atoms with van der Waals surface area (Å²) in [5, 5.41) is 5.25. The second kappa shape index (κ2) is 10.1. The van der Waals surface area contributed by atoms with Crippen molar-refractivity contribution in [3.63, 3.8) is 0 Å². The molecule has 0 atom stereocenters. The predicted octanol–water partition coefficient (Wildman–Crippen LogP) is 2.69. The SMILES string of the molecule is CCNC(=O)c1cccc(NC(=O)COC(=O)CCc2ccc(F)cc2)c1. The zero-order valence-corrected chi connectivity index (χ0v) is 15.0. The lowest BCUT2D eigenvalue weighted by atomic mass is 10.1. The highest BCUT2D eigenvalue weighted by molar-refractivity contribution is 5.97. The van der Waals surface area contributed by atoms with Crippen LogP contribution in [0.2, 0.25) is 0 Å². The first kappa shape index (κ1) is 20.1. The molecule has 0 bridgehead atoms. The van der Waals surface area contributed by atoms with Gasteiger partial charge in [0.2, 0.25) is 0 Å². The van der Waals surface area contributed by atoms with E-state index >= 15 is 0 Å². The molecule has 0 radical (unpaired) electrons. The van der Waals surface area contributed by atoms with E-state index in [-0.39, 0.29) is 18.1 Å². The van der Waals surface area contributed by atoms with Crippen molar-refractivity contribution in [1.29, 1.82) is 0 Å². The number of amides is 2. The van der Waals surface area contributed by atoms with E-state index in [9.17, 15) is 18.8 Å². The molecule has 2 rings (SSSR count). The van der Waals surface area contributed by atoms with E-state index in [4.69, 9.17) is 4.74 Å². The quantitative estimate of drug-likeness (QED) is 0.698. The minimum Gasteiger partial charge on any atom is -0.456 e. The molecular weight excluding hydrogens is 351 g/mol. The number of nitrogens with one attached hydrogen (secondary N) is 2. The molecular formula is C20H21FN2O4. The van der Waals surface area contributed by atoms with Gasteiger partial charge in [0.1, 0.15) is 5.82 Å². The summed E-state index contributed by atoms with van der Waals surface area (Å²) in [5.74, 6) is -1.60. The molecule has 7 heteroatoms. The Hall–Kier alpha value is -3.22. The van der Waals surface area contributed by atoms with E-state index in [0.717, 1.165) is 5.56 Å². The molecule has 27 heavy (non-hydrogen) atoms.